The minimum absolute atomic E-state index is 0.00176. The number of amides is 4. The van der Waals surface area contributed by atoms with E-state index in [0.717, 1.165) is 10.5 Å². The highest BCUT2D eigenvalue weighted by molar-refractivity contribution is 6.10. The minimum Gasteiger partial charge on any atom is -0.454 e. The number of anilines is 1. The molecule has 0 bridgehead atoms. The Morgan fingerprint density at radius 2 is 1.77 bits per heavy atom. The predicted octanol–water partition coefficient (Wildman–Crippen LogP) is 3.12. The molecule has 0 radical (unpaired) electrons. The van der Waals surface area contributed by atoms with Gasteiger partial charge in [-0.25, -0.2) is 4.79 Å². The van der Waals surface area contributed by atoms with Gasteiger partial charge in [0.15, 0.2) is 11.5 Å². The number of benzene rings is 2. The second-order valence-corrected chi connectivity index (χ2v) is 8.89. The molecule has 0 saturated carbocycles. The Hall–Kier alpha value is -3.55. The number of nitrogens with one attached hydrogen (secondary N) is 2. The smallest absolute Gasteiger partial charge is 0.325 e. The fourth-order valence-electron chi connectivity index (χ4n) is 3.64. The zero-order valence-corrected chi connectivity index (χ0v) is 17.9. The third-order valence-corrected chi connectivity index (χ3v) is 5.56. The number of hydrogen-bond acceptors (Lipinski definition) is 5. The first-order chi connectivity index (χ1) is 14.6. The van der Waals surface area contributed by atoms with Crippen LogP contribution in [0.4, 0.5) is 10.5 Å². The van der Waals surface area contributed by atoms with E-state index >= 15 is 0 Å². The minimum atomic E-state index is -1.30. The van der Waals surface area contributed by atoms with E-state index in [4.69, 9.17) is 9.47 Å². The molecular weight excluding hydrogens is 398 g/mol. The zero-order chi connectivity index (χ0) is 22.4. The van der Waals surface area contributed by atoms with Gasteiger partial charge >= 0.3 is 6.03 Å². The quantitative estimate of drug-likeness (QED) is 0.737. The number of carbonyl (C=O) groups excluding carboxylic acids is 3. The van der Waals surface area contributed by atoms with Gasteiger partial charge in [0.05, 0.1) is 0 Å². The van der Waals surface area contributed by atoms with Gasteiger partial charge in [-0.3, -0.25) is 14.5 Å². The molecular formula is C23H25N3O5. The van der Waals surface area contributed by atoms with Crippen molar-refractivity contribution in [2.75, 3.05) is 18.7 Å². The predicted molar refractivity (Wildman–Crippen MR) is 114 cm³/mol. The molecule has 0 aliphatic carbocycles. The maximum Gasteiger partial charge on any atom is 0.325 e. The van der Waals surface area contributed by atoms with Crippen LogP contribution in [-0.4, -0.2) is 36.1 Å². The second kappa shape index (κ2) is 7.30. The van der Waals surface area contributed by atoms with Gasteiger partial charge in [0.25, 0.3) is 5.91 Å². The standard InChI is InChI=1S/C23H25N3O5/c1-22(2,3)14-5-8-16(9-6-14)24-19(27)12-26-20(28)23(4,25-21(26)29)15-7-10-17-18(11-15)31-13-30-17/h5-11H,12-13H2,1-4H3,(H,24,27)(H,25,29)/t23-/m0/s1. The molecule has 2 aromatic carbocycles. The molecule has 2 heterocycles. The SMILES string of the molecule is CC(C)(C)c1ccc(NC(=O)CN2C(=O)N[C@@](C)(c3ccc4c(c3)OCO4)C2=O)cc1. The van der Waals surface area contributed by atoms with Gasteiger partial charge in [-0.2, -0.15) is 0 Å². The van der Waals surface area contributed by atoms with Crippen molar-refractivity contribution in [3.05, 3.63) is 53.6 Å². The lowest BCUT2D eigenvalue weighted by atomic mass is 9.87. The van der Waals surface area contributed by atoms with Crippen molar-refractivity contribution < 1.29 is 23.9 Å². The van der Waals surface area contributed by atoms with E-state index in [-0.39, 0.29) is 18.8 Å². The number of nitrogens with zero attached hydrogens (tertiary/aromatic N) is 1. The number of urea groups is 1. The normalized spacial score (nSPS) is 20.1. The summed E-state index contributed by atoms with van der Waals surface area (Å²) in [6.07, 6.45) is 0. The van der Waals surface area contributed by atoms with Crippen LogP contribution in [0.5, 0.6) is 11.5 Å². The topological polar surface area (TPSA) is 97.0 Å². The van der Waals surface area contributed by atoms with Crippen molar-refractivity contribution in [2.24, 2.45) is 0 Å². The van der Waals surface area contributed by atoms with Crippen molar-refractivity contribution in [3.8, 4) is 11.5 Å². The maximum absolute atomic E-state index is 13.1. The maximum atomic E-state index is 13.1. The average Bonchev–Trinajstić information content (AvgIpc) is 3.26. The average molecular weight is 423 g/mol. The second-order valence-electron chi connectivity index (χ2n) is 8.89. The van der Waals surface area contributed by atoms with Crippen molar-refractivity contribution in [3.63, 3.8) is 0 Å². The van der Waals surface area contributed by atoms with Gasteiger partial charge < -0.3 is 20.1 Å². The monoisotopic (exact) mass is 423 g/mol. The highest BCUT2D eigenvalue weighted by Crippen LogP contribution is 2.37. The first-order valence-electron chi connectivity index (χ1n) is 10.0. The van der Waals surface area contributed by atoms with Crippen LogP contribution in [0.2, 0.25) is 0 Å². The van der Waals surface area contributed by atoms with Gasteiger partial charge in [0, 0.05) is 5.69 Å². The lowest BCUT2D eigenvalue weighted by Gasteiger charge is -2.22. The highest BCUT2D eigenvalue weighted by Gasteiger charge is 2.49. The molecule has 162 valence electrons. The van der Waals surface area contributed by atoms with E-state index in [9.17, 15) is 14.4 Å². The molecule has 8 nitrogen and oxygen atoms in total. The van der Waals surface area contributed by atoms with Crippen LogP contribution in [0, 0.1) is 0 Å². The Labute approximate surface area is 180 Å². The molecule has 8 heteroatoms. The van der Waals surface area contributed by atoms with Crippen molar-refractivity contribution >= 4 is 23.5 Å². The third-order valence-electron chi connectivity index (χ3n) is 5.56. The van der Waals surface area contributed by atoms with Crippen molar-refractivity contribution in [1.82, 2.24) is 10.2 Å². The summed E-state index contributed by atoms with van der Waals surface area (Å²) in [6.45, 7) is 7.65. The number of ether oxygens (including phenoxy) is 2. The highest BCUT2D eigenvalue weighted by atomic mass is 16.7. The fraction of sp³-hybridized carbons (Fsp3) is 0.348. The molecule has 0 unspecified atom stereocenters. The molecule has 0 spiro atoms. The largest absolute Gasteiger partial charge is 0.454 e. The van der Waals surface area contributed by atoms with Gasteiger partial charge in [0.1, 0.15) is 12.1 Å². The Morgan fingerprint density at radius 1 is 1.10 bits per heavy atom. The zero-order valence-electron chi connectivity index (χ0n) is 17.9. The number of rotatable bonds is 4. The van der Waals surface area contributed by atoms with Crippen LogP contribution in [0.15, 0.2) is 42.5 Å². The van der Waals surface area contributed by atoms with E-state index in [0.29, 0.717) is 22.7 Å². The Morgan fingerprint density at radius 3 is 2.45 bits per heavy atom. The summed E-state index contributed by atoms with van der Waals surface area (Å²) >= 11 is 0. The molecule has 1 atom stereocenters. The van der Waals surface area contributed by atoms with Crippen LogP contribution < -0.4 is 20.1 Å². The number of hydrogen-bond donors (Lipinski definition) is 2. The first kappa shape index (κ1) is 20.7. The van der Waals surface area contributed by atoms with E-state index in [2.05, 4.69) is 31.4 Å². The molecule has 4 amide bonds. The summed E-state index contributed by atoms with van der Waals surface area (Å²) in [5.74, 6) is 0.130. The lowest BCUT2D eigenvalue weighted by molar-refractivity contribution is -0.133. The van der Waals surface area contributed by atoms with Gasteiger partial charge in [-0.1, -0.05) is 39.0 Å². The van der Waals surface area contributed by atoms with Crippen LogP contribution in [0.1, 0.15) is 38.8 Å². The van der Waals surface area contributed by atoms with E-state index < -0.39 is 23.4 Å². The third kappa shape index (κ3) is 3.81. The number of carbonyl (C=O) groups is 3. The fourth-order valence-corrected chi connectivity index (χ4v) is 3.64. The van der Waals surface area contributed by atoms with Gasteiger partial charge in [0.2, 0.25) is 12.7 Å². The summed E-state index contributed by atoms with van der Waals surface area (Å²) in [7, 11) is 0. The van der Waals surface area contributed by atoms with E-state index in [1.165, 1.54) is 0 Å². The Bertz CT molecular complexity index is 1060. The lowest BCUT2D eigenvalue weighted by Crippen LogP contribution is -2.42. The molecule has 31 heavy (non-hydrogen) atoms. The number of fused-ring (bicyclic) bond motifs is 1. The van der Waals surface area contributed by atoms with Crippen molar-refractivity contribution in [2.45, 2.75) is 38.6 Å². The molecule has 2 aromatic rings. The summed E-state index contributed by atoms with van der Waals surface area (Å²) in [4.78, 5) is 39.0. The van der Waals surface area contributed by atoms with Crippen LogP contribution in [0.3, 0.4) is 0 Å². The van der Waals surface area contributed by atoms with Gasteiger partial charge in [-0.05, 0) is 47.7 Å². The number of imide groups is 1. The molecule has 2 aliphatic heterocycles. The van der Waals surface area contributed by atoms with Crippen LogP contribution >= 0.6 is 0 Å². The molecule has 1 fully saturated rings. The summed E-state index contributed by atoms with van der Waals surface area (Å²) in [5, 5.41) is 5.43. The summed E-state index contributed by atoms with van der Waals surface area (Å²) < 4.78 is 10.7. The summed E-state index contributed by atoms with van der Waals surface area (Å²) in [5.41, 5.74) is 0.993. The first-order valence-corrected chi connectivity index (χ1v) is 10.0. The molecule has 2 aliphatic rings. The van der Waals surface area contributed by atoms with Gasteiger partial charge in [-0.15, -0.1) is 0 Å². The molecule has 2 N–H and O–H groups in total. The summed E-state index contributed by atoms with van der Waals surface area (Å²) in [6, 6.07) is 11.9. The molecule has 4 rings (SSSR count). The Balaban J connectivity index is 1.46. The molecule has 1 saturated heterocycles. The van der Waals surface area contributed by atoms with Crippen LogP contribution in [0.25, 0.3) is 0 Å². The van der Waals surface area contributed by atoms with Crippen molar-refractivity contribution in [1.29, 1.82) is 0 Å². The van der Waals surface area contributed by atoms with E-state index in [1.54, 1.807) is 37.3 Å². The Kier molecular flexibility index (Phi) is 4.88. The van der Waals surface area contributed by atoms with E-state index in [1.807, 2.05) is 12.1 Å². The molecule has 0 aromatic heterocycles. The van der Waals surface area contributed by atoms with Crippen LogP contribution in [-0.2, 0) is 20.5 Å².